The van der Waals surface area contributed by atoms with Gasteiger partial charge in [-0.3, -0.25) is 14.9 Å². The van der Waals surface area contributed by atoms with Crippen molar-refractivity contribution in [3.8, 4) is 0 Å². The van der Waals surface area contributed by atoms with E-state index < -0.39 is 12.0 Å². The number of ketones is 1. The molecule has 0 radical (unpaired) electrons. The summed E-state index contributed by atoms with van der Waals surface area (Å²) in [7, 11) is 0. The summed E-state index contributed by atoms with van der Waals surface area (Å²) >= 11 is 0. The molecule has 3 rings (SSSR count). The minimum absolute atomic E-state index is 0.0333. The maximum atomic E-state index is 12.9. The summed E-state index contributed by atoms with van der Waals surface area (Å²) in [4.78, 5) is 24.6. The molecular weight excluding hydrogens is 350 g/mol. The highest BCUT2D eigenvalue weighted by Gasteiger charge is 2.37. The monoisotopic (exact) mass is 371 g/mol. The van der Waals surface area contributed by atoms with Gasteiger partial charge in [0.05, 0.1) is 5.92 Å². The van der Waals surface area contributed by atoms with Crippen molar-refractivity contribution in [1.82, 2.24) is 0 Å². The van der Waals surface area contributed by atoms with Crippen LogP contribution in [0.15, 0.2) is 97.6 Å². The number of nitro groups is 1. The Hall–Kier alpha value is -3.53. The first-order valence-corrected chi connectivity index (χ1v) is 9.09. The molecule has 0 saturated carbocycles. The second-order valence-corrected chi connectivity index (χ2v) is 6.63. The Morgan fingerprint density at radius 2 is 1.29 bits per heavy atom. The van der Waals surface area contributed by atoms with Gasteiger partial charge >= 0.3 is 0 Å². The van der Waals surface area contributed by atoms with Gasteiger partial charge in [-0.05, 0) is 11.1 Å². The topological polar surface area (TPSA) is 60.2 Å². The molecule has 0 aromatic heterocycles. The Morgan fingerprint density at radius 3 is 1.79 bits per heavy atom. The number of benzene rings is 3. The Morgan fingerprint density at radius 1 is 0.821 bits per heavy atom. The van der Waals surface area contributed by atoms with E-state index in [0.29, 0.717) is 16.7 Å². The lowest BCUT2D eigenvalue weighted by atomic mass is 9.81. The van der Waals surface area contributed by atoms with Gasteiger partial charge in [-0.2, -0.15) is 0 Å². The highest BCUT2D eigenvalue weighted by molar-refractivity contribution is 5.96. The van der Waals surface area contributed by atoms with Crippen LogP contribution in [0.2, 0.25) is 0 Å². The van der Waals surface area contributed by atoms with E-state index in [1.165, 1.54) is 0 Å². The van der Waals surface area contributed by atoms with Crippen molar-refractivity contribution in [2.75, 3.05) is 0 Å². The molecule has 0 aliphatic carbocycles. The molecule has 140 valence electrons. The lowest BCUT2D eigenvalue weighted by Crippen LogP contribution is -2.30. The molecular formula is C24H21NO3. The Kier molecular flexibility index (Phi) is 6.12. The zero-order chi connectivity index (χ0) is 19.9. The highest BCUT2D eigenvalue weighted by Crippen LogP contribution is 2.34. The first-order chi connectivity index (χ1) is 13.6. The van der Waals surface area contributed by atoms with Crippen LogP contribution in [-0.2, 0) is 0 Å². The zero-order valence-corrected chi connectivity index (χ0v) is 15.4. The number of hydrogen-bond acceptors (Lipinski definition) is 3. The fraction of sp³-hybridized carbons (Fsp3) is 0.125. The predicted molar refractivity (Wildman–Crippen MR) is 111 cm³/mol. The summed E-state index contributed by atoms with van der Waals surface area (Å²) in [5, 5.41) is 12.1. The molecule has 0 spiro atoms. The minimum atomic E-state index is -1.10. The summed E-state index contributed by atoms with van der Waals surface area (Å²) in [6, 6.07) is 26.1. The third-order valence-corrected chi connectivity index (χ3v) is 4.84. The fourth-order valence-corrected chi connectivity index (χ4v) is 3.39. The zero-order valence-electron chi connectivity index (χ0n) is 15.4. The van der Waals surface area contributed by atoms with Gasteiger partial charge in [-0.1, -0.05) is 97.6 Å². The fourth-order valence-electron chi connectivity index (χ4n) is 3.39. The molecule has 2 atom stereocenters. The molecule has 3 aromatic carbocycles. The molecule has 0 fully saturated rings. The molecule has 0 saturated heterocycles. The van der Waals surface area contributed by atoms with Crippen LogP contribution in [0.1, 0.15) is 33.8 Å². The Labute approximate surface area is 164 Å². The summed E-state index contributed by atoms with van der Waals surface area (Å²) in [5.41, 5.74) is 2.42. The number of rotatable bonds is 8. The van der Waals surface area contributed by atoms with Crippen molar-refractivity contribution in [3.63, 3.8) is 0 Å². The van der Waals surface area contributed by atoms with Crippen molar-refractivity contribution < 1.29 is 9.72 Å². The van der Waals surface area contributed by atoms with Gasteiger partial charge in [0.2, 0.25) is 6.04 Å². The molecule has 0 heterocycles. The van der Waals surface area contributed by atoms with Gasteiger partial charge in [0.25, 0.3) is 0 Å². The van der Waals surface area contributed by atoms with Crippen LogP contribution in [0, 0.1) is 10.1 Å². The third-order valence-electron chi connectivity index (χ3n) is 4.84. The van der Waals surface area contributed by atoms with Crippen LogP contribution in [0.5, 0.6) is 0 Å². The average Bonchev–Trinajstić information content (AvgIpc) is 2.74. The van der Waals surface area contributed by atoms with Crippen LogP contribution in [0.3, 0.4) is 0 Å². The second-order valence-electron chi connectivity index (χ2n) is 6.63. The van der Waals surface area contributed by atoms with Crippen molar-refractivity contribution in [2.24, 2.45) is 0 Å². The van der Waals surface area contributed by atoms with E-state index in [1.807, 2.05) is 54.6 Å². The Bertz CT molecular complexity index is 953. The molecule has 0 aliphatic rings. The average molecular weight is 371 g/mol. The first kappa shape index (κ1) is 19.2. The maximum Gasteiger partial charge on any atom is 0.245 e. The van der Waals surface area contributed by atoms with E-state index in [4.69, 9.17) is 0 Å². The number of hydrogen-bond donors (Lipinski definition) is 0. The molecule has 0 N–H and O–H groups in total. The van der Waals surface area contributed by atoms with Crippen LogP contribution >= 0.6 is 0 Å². The summed E-state index contributed by atoms with van der Waals surface area (Å²) in [6.07, 6.45) is 0.0333. The summed E-state index contributed by atoms with van der Waals surface area (Å²) < 4.78 is 0. The van der Waals surface area contributed by atoms with E-state index in [2.05, 4.69) is 6.58 Å². The molecule has 4 heteroatoms. The number of carbonyl (C=O) groups excluding carboxylic acids is 1. The number of carbonyl (C=O) groups is 1. The minimum Gasteiger partial charge on any atom is -0.294 e. The van der Waals surface area contributed by atoms with E-state index >= 15 is 0 Å². The van der Waals surface area contributed by atoms with Crippen molar-refractivity contribution in [3.05, 3.63) is 124 Å². The maximum absolute atomic E-state index is 12.9. The molecule has 28 heavy (non-hydrogen) atoms. The lowest BCUT2D eigenvalue weighted by molar-refractivity contribution is -0.509. The smallest absolute Gasteiger partial charge is 0.245 e. The number of nitrogens with zero attached hydrogens (tertiary/aromatic N) is 1. The van der Waals surface area contributed by atoms with Gasteiger partial charge in [0, 0.05) is 22.5 Å². The lowest BCUT2D eigenvalue weighted by Gasteiger charge is -2.23. The molecule has 0 amide bonds. The van der Waals surface area contributed by atoms with Crippen LogP contribution in [0.4, 0.5) is 0 Å². The molecule has 3 aromatic rings. The van der Waals surface area contributed by atoms with Crippen LogP contribution in [-0.4, -0.2) is 16.7 Å². The van der Waals surface area contributed by atoms with Gasteiger partial charge in [0.15, 0.2) is 5.78 Å². The quantitative estimate of drug-likeness (QED) is 0.302. The van der Waals surface area contributed by atoms with Crippen LogP contribution < -0.4 is 0 Å². The van der Waals surface area contributed by atoms with E-state index in [-0.39, 0.29) is 17.1 Å². The summed E-state index contributed by atoms with van der Waals surface area (Å²) in [5.74, 6) is -0.737. The first-order valence-electron chi connectivity index (χ1n) is 9.09. The molecule has 0 bridgehead atoms. The number of Topliss-reactive ketones (excluding diaryl/α,β-unsaturated/α-hetero) is 1. The second kappa shape index (κ2) is 8.91. The summed E-state index contributed by atoms with van der Waals surface area (Å²) in [6.45, 7) is 4.02. The van der Waals surface area contributed by atoms with Gasteiger partial charge in [0.1, 0.15) is 0 Å². The normalized spacial score (nSPS) is 12.7. The Balaban J connectivity index is 2.00. The van der Waals surface area contributed by atoms with Crippen molar-refractivity contribution in [1.29, 1.82) is 0 Å². The van der Waals surface area contributed by atoms with E-state index in [9.17, 15) is 14.9 Å². The van der Waals surface area contributed by atoms with E-state index in [0.717, 1.165) is 5.56 Å². The third kappa shape index (κ3) is 4.41. The standard InChI is InChI=1S/C24H21NO3/c1-18(19-11-5-2-6-12-19)24(25(27)28)22(20-13-7-3-8-14-20)17-23(26)21-15-9-4-10-16-21/h2-16,22,24H,1,17H2/t22-,24-/m1/s1. The van der Waals surface area contributed by atoms with E-state index in [1.54, 1.807) is 36.4 Å². The molecule has 0 unspecified atom stereocenters. The molecule has 4 nitrogen and oxygen atoms in total. The van der Waals surface area contributed by atoms with Gasteiger partial charge in [-0.25, -0.2) is 0 Å². The highest BCUT2D eigenvalue weighted by atomic mass is 16.6. The predicted octanol–water partition coefficient (Wildman–Crippen LogP) is 5.40. The van der Waals surface area contributed by atoms with Crippen molar-refractivity contribution >= 4 is 11.4 Å². The van der Waals surface area contributed by atoms with Crippen molar-refractivity contribution in [2.45, 2.75) is 18.4 Å². The SMILES string of the molecule is C=C(c1ccccc1)[C@H]([C@H](CC(=O)c1ccccc1)c1ccccc1)[N+](=O)[O-]. The van der Waals surface area contributed by atoms with Crippen LogP contribution in [0.25, 0.3) is 5.57 Å². The van der Waals surface area contributed by atoms with Gasteiger partial charge in [-0.15, -0.1) is 0 Å². The van der Waals surface area contributed by atoms with Gasteiger partial charge < -0.3 is 0 Å². The largest absolute Gasteiger partial charge is 0.294 e. The molecule has 0 aliphatic heterocycles.